The third-order valence-electron chi connectivity index (χ3n) is 4.78. The molecular weight excluding hydrogens is 331 g/mol. The van der Waals surface area contributed by atoms with Crippen molar-refractivity contribution in [2.75, 3.05) is 10.6 Å². The molecule has 6 nitrogen and oxygen atoms in total. The summed E-state index contributed by atoms with van der Waals surface area (Å²) in [6.45, 7) is 0. The van der Waals surface area contributed by atoms with E-state index in [2.05, 4.69) is 49.0 Å². The van der Waals surface area contributed by atoms with Gasteiger partial charge in [0.1, 0.15) is 6.17 Å². The molecule has 2 aromatic heterocycles. The maximum atomic E-state index is 13.1. The quantitative estimate of drug-likeness (QED) is 0.516. The predicted octanol–water partition coefficient (Wildman–Crippen LogP) is 4.16. The molecule has 0 bridgehead atoms. The molecule has 130 valence electrons. The van der Waals surface area contributed by atoms with Crippen LogP contribution in [-0.2, 0) is 0 Å². The Hall–Kier alpha value is -3.22. The molecule has 4 aromatic rings. The molecule has 1 aliphatic rings. The van der Waals surface area contributed by atoms with E-state index in [0.717, 1.165) is 22.1 Å². The van der Waals surface area contributed by atoms with Gasteiger partial charge >= 0.3 is 0 Å². The first-order chi connectivity index (χ1) is 12.8. The lowest BCUT2D eigenvalue weighted by Gasteiger charge is -2.31. The molecule has 0 aliphatic heterocycles. The fourth-order valence-electron chi connectivity index (χ4n) is 3.36. The highest BCUT2D eigenvalue weighted by atomic mass is 19.1. The summed E-state index contributed by atoms with van der Waals surface area (Å²) in [6.07, 6.45) is 3.77. The van der Waals surface area contributed by atoms with E-state index >= 15 is 0 Å². The topological polar surface area (TPSA) is 78.5 Å². The van der Waals surface area contributed by atoms with Crippen molar-refractivity contribution < 1.29 is 4.39 Å². The molecule has 0 spiro atoms. The van der Waals surface area contributed by atoms with Gasteiger partial charge in [-0.1, -0.05) is 18.2 Å². The summed E-state index contributed by atoms with van der Waals surface area (Å²) in [5.74, 6) is 0.713. The van der Waals surface area contributed by atoms with E-state index in [1.165, 1.54) is 0 Å². The van der Waals surface area contributed by atoms with Crippen LogP contribution in [0.5, 0.6) is 0 Å². The van der Waals surface area contributed by atoms with Gasteiger partial charge in [-0.15, -0.1) is 0 Å². The van der Waals surface area contributed by atoms with Crippen molar-refractivity contribution in [1.29, 1.82) is 0 Å². The monoisotopic (exact) mass is 348 g/mol. The number of fused-ring (bicyclic) bond motifs is 2. The van der Waals surface area contributed by atoms with Gasteiger partial charge in [0, 0.05) is 35.2 Å². The molecule has 5 rings (SSSR count). The highest BCUT2D eigenvalue weighted by Crippen LogP contribution is 2.32. The Kier molecular flexibility index (Phi) is 3.44. The largest absolute Gasteiger partial charge is 0.382 e. The Morgan fingerprint density at radius 1 is 1.08 bits per heavy atom. The van der Waals surface area contributed by atoms with Gasteiger partial charge in [-0.2, -0.15) is 5.10 Å². The lowest BCUT2D eigenvalue weighted by atomic mass is 9.90. The van der Waals surface area contributed by atoms with Crippen LogP contribution in [0.25, 0.3) is 21.9 Å². The number of anilines is 3. The van der Waals surface area contributed by atoms with Crippen molar-refractivity contribution in [3.63, 3.8) is 0 Å². The number of H-pyrrole nitrogens is 1. The molecule has 2 aromatic carbocycles. The molecule has 1 fully saturated rings. The third kappa shape index (κ3) is 2.61. The van der Waals surface area contributed by atoms with Gasteiger partial charge in [0.15, 0.2) is 11.3 Å². The molecule has 0 radical (unpaired) electrons. The number of halogens is 1. The summed E-state index contributed by atoms with van der Waals surface area (Å²) in [6, 6.07) is 12.5. The van der Waals surface area contributed by atoms with Crippen molar-refractivity contribution in [2.45, 2.75) is 25.1 Å². The number of hydrogen-bond acceptors (Lipinski definition) is 5. The van der Waals surface area contributed by atoms with Crippen LogP contribution in [0.15, 0.2) is 48.8 Å². The molecule has 0 unspecified atom stereocenters. The average Bonchev–Trinajstić information content (AvgIpc) is 3.03. The van der Waals surface area contributed by atoms with Gasteiger partial charge in [-0.3, -0.25) is 5.10 Å². The number of nitrogens with zero attached hydrogens (tertiary/aromatic N) is 3. The summed E-state index contributed by atoms with van der Waals surface area (Å²) >= 11 is 0. The fraction of sp³-hybridized carbons (Fsp3) is 0.211. The number of nitrogens with one attached hydrogen (secondary N) is 3. The second-order valence-corrected chi connectivity index (χ2v) is 6.60. The van der Waals surface area contributed by atoms with Crippen LogP contribution in [0.1, 0.15) is 12.8 Å². The molecule has 3 N–H and O–H groups in total. The number of benzene rings is 2. The van der Waals surface area contributed by atoms with Crippen LogP contribution in [0, 0.1) is 0 Å². The molecule has 0 amide bonds. The molecule has 26 heavy (non-hydrogen) atoms. The van der Waals surface area contributed by atoms with E-state index in [1.54, 1.807) is 12.4 Å². The number of aromatic amines is 1. The van der Waals surface area contributed by atoms with Crippen LogP contribution >= 0.6 is 0 Å². The highest BCUT2D eigenvalue weighted by molar-refractivity contribution is 5.96. The number of aromatic nitrogens is 4. The Labute approximate surface area is 148 Å². The van der Waals surface area contributed by atoms with Gasteiger partial charge in [-0.25, -0.2) is 14.4 Å². The van der Waals surface area contributed by atoms with Crippen molar-refractivity contribution in [2.24, 2.45) is 0 Å². The SMILES string of the molecule is FC1CC(Nc2cccc3cc(Nc4[nH]nc5nccnc45)ccc23)C1. The van der Waals surface area contributed by atoms with Crippen LogP contribution in [-0.4, -0.2) is 32.4 Å². The number of alkyl halides is 1. The molecular formula is C19H17FN6. The summed E-state index contributed by atoms with van der Waals surface area (Å²) in [7, 11) is 0. The molecule has 1 saturated carbocycles. The van der Waals surface area contributed by atoms with Gasteiger partial charge in [0.2, 0.25) is 5.65 Å². The molecule has 0 saturated heterocycles. The lowest BCUT2D eigenvalue weighted by molar-refractivity contribution is 0.192. The van der Waals surface area contributed by atoms with E-state index in [9.17, 15) is 4.39 Å². The molecule has 0 atom stereocenters. The zero-order valence-electron chi connectivity index (χ0n) is 13.9. The zero-order chi connectivity index (χ0) is 17.5. The van der Waals surface area contributed by atoms with Gasteiger partial charge in [0.05, 0.1) is 0 Å². The number of hydrogen-bond donors (Lipinski definition) is 3. The van der Waals surface area contributed by atoms with E-state index in [1.807, 2.05) is 18.2 Å². The standard InChI is InChI=1S/C19H17FN6/c20-12-9-14(10-12)23-16-3-1-2-11-8-13(4-5-15(11)16)24-19-17-18(25-26-19)22-7-6-21-17/h1-8,12,14,23H,9-10H2,(H2,22,24,25,26). The van der Waals surface area contributed by atoms with Crippen LogP contribution in [0.4, 0.5) is 21.6 Å². The Morgan fingerprint density at radius 3 is 2.85 bits per heavy atom. The summed E-state index contributed by atoms with van der Waals surface area (Å²) < 4.78 is 13.1. The first-order valence-electron chi connectivity index (χ1n) is 8.62. The predicted molar refractivity (Wildman–Crippen MR) is 100 cm³/mol. The van der Waals surface area contributed by atoms with Crippen molar-refractivity contribution >= 4 is 39.1 Å². The first-order valence-corrected chi connectivity index (χ1v) is 8.62. The summed E-state index contributed by atoms with van der Waals surface area (Å²) in [5, 5.41) is 16.1. The van der Waals surface area contributed by atoms with Crippen LogP contribution in [0.3, 0.4) is 0 Å². The van der Waals surface area contributed by atoms with Crippen molar-refractivity contribution in [1.82, 2.24) is 20.2 Å². The molecule has 1 aliphatic carbocycles. The Balaban J connectivity index is 1.44. The Morgan fingerprint density at radius 2 is 1.96 bits per heavy atom. The Bertz CT molecular complexity index is 1090. The van der Waals surface area contributed by atoms with Crippen molar-refractivity contribution in [3.8, 4) is 0 Å². The average molecular weight is 348 g/mol. The van der Waals surface area contributed by atoms with E-state index < -0.39 is 6.17 Å². The summed E-state index contributed by atoms with van der Waals surface area (Å²) in [4.78, 5) is 8.48. The maximum Gasteiger partial charge on any atom is 0.201 e. The maximum absolute atomic E-state index is 13.1. The lowest BCUT2D eigenvalue weighted by Crippen LogP contribution is -2.36. The second-order valence-electron chi connectivity index (χ2n) is 6.60. The van der Waals surface area contributed by atoms with Crippen molar-refractivity contribution in [3.05, 3.63) is 48.8 Å². The third-order valence-corrected chi connectivity index (χ3v) is 4.78. The van der Waals surface area contributed by atoms with Gasteiger partial charge in [-0.05, 0) is 36.4 Å². The molecule has 2 heterocycles. The second kappa shape index (κ2) is 5.94. The normalized spacial score (nSPS) is 19.4. The van der Waals surface area contributed by atoms with Crippen LogP contribution < -0.4 is 10.6 Å². The van der Waals surface area contributed by atoms with E-state index in [0.29, 0.717) is 29.8 Å². The minimum atomic E-state index is -0.661. The zero-order valence-corrected chi connectivity index (χ0v) is 13.9. The first kappa shape index (κ1) is 15.1. The fourth-order valence-corrected chi connectivity index (χ4v) is 3.36. The number of rotatable bonds is 4. The smallest absolute Gasteiger partial charge is 0.201 e. The molecule has 7 heteroatoms. The van der Waals surface area contributed by atoms with E-state index in [-0.39, 0.29) is 6.04 Å². The van der Waals surface area contributed by atoms with Gasteiger partial charge < -0.3 is 10.6 Å². The van der Waals surface area contributed by atoms with Crippen LogP contribution in [0.2, 0.25) is 0 Å². The van der Waals surface area contributed by atoms with Gasteiger partial charge in [0.25, 0.3) is 0 Å². The minimum absolute atomic E-state index is 0.225. The van der Waals surface area contributed by atoms with E-state index in [4.69, 9.17) is 0 Å². The highest BCUT2D eigenvalue weighted by Gasteiger charge is 2.28. The summed E-state index contributed by atoms with van der Waals surface area (Å²) in [5.41, 5.74) is 3.25. The minimum Gasteiger partial charge on any atom is -0.382 e.